The Morgan fingerprint density at radius 3 is 2.67 bits per heavy atom. The maximum Gasteiger partial charge on any atom is 0.431 e. The van der Waals surface area contributed by atoms with Crippen molar-refractivity contribution < 1.29 is 31.2 Å². The number of nitrogens with zero attached hydrogens (tertiary/aromatic N) is 3. The lowest BCUT2D eigenvalue weighted by molar-refractivity contribution is -0.141. The van der Waals surface area contributed by atoms with E-state index in [1.165, 1.54) is 11.8 Å². The van der Waals surface area contributed by atoms with Crippen molar-refractivity contribution in [2.75, 3.05) is 18.4 Å². The van der Waals surface area contributed by atoms with Gasteiger partial charge in [-0.25, -0.2) is 8.78 Å². The summed E-state index contributed by atoms with van der Waals surface area (Å²) in [4.78, 5) is 27.4. The molecular weight excluding hydrogens is 417 g/mol. The summed E-state index contributed by atoms with van der Waals surface area (Å²) in [7, 11) is 0. The normalized spacial score (nSPS) is 18.0. The second kappa shape index (κ2) is 8.03. The Balaban J connectivity index is 1.68. The number of aromatic nitrogens is 3. The zero-order valence-corrected chi connectivity index (χ0v) is 15.7. The molecule has 164 valence electrons. The zero-order chi connectivity index (χ0) is 22.1. The van der Waals surface area contributed by atoms with Gasteiger partial charge in [-0.3, -0.25) is 9.59 Å². The van der Waals surface area contributed by atoms with Crippen molar-refractivity contribution in [1.29, 1.82) is 0 Å². The molecule has 0 bridgehead atoms. The minimum atomic E-state index is -4.72. The van der Waals surface area contributed by atoms with Gasteiger partial charge >= 0.3 is 12.2 Å². The first-order valence-electron chi connectivity index (χ1n) is 9.04. The molecule has 0 aromatic carbocycles. The standard InChI is InChI=1S/C17H18F5N5O3/c1-9(14(29)27-7-2-5-16(18,19)6-8-27)23-15-26-25-13(30-15)10-3-4-11(17(20,21)22)24-12(10)28/h3-4,9H,2,5-8H2,1H3,(H,23,26)(H,24,28)/t9-/m0/s1. The lowest BCUT2D eigenvalue weighted by Crippen LogP contribution is -2.42. The predicted molar refractivity (Wildman–Crippen MR) is 93.8 cm³/mol. The molecule has 0 radical (unpaired) electrons. The molecule has 3 heterocycles. The highest BCUT2D eigenvalue weighted by Gasteiger charge is 2.34. The van der Waals surface area contributed by atoms with E-state index in [2.05, 4.69) is 15.5 Å². The Labute approximate surface area is 166 Å². The van der Waals surface area contributed by atoms with Gasteiger partial charge in [0.2, 0.25) is 11.8 Å². The van der Waals surface area contributed by atoms with Crippen molar-refractivity contribution in [3.05, 3.63) is 28.2 Å². The zero-order valence-electron chi connectivity index (χ0n) is 15.7. The number of carbonyl (C=O) groups is 1. The summed E-state index contributed by atoms with van der Waals surface area (Å²) in [6.07, 6.45) is -5.25. The van der Waals surface area contributed by atoms with E-state index in [1.54, 1.807) is 4.98 Å². The quantitative estimate of drug-likeness (QED) is 0.716. The van der Waals surface area contributed by atoms with Gasteiger partial charge in [0.1, 0.15) is 17.3 Å². The van der Waals surface area contributed by atoms with Gasteiger partial charge in [-0.05, 0) is 25.5 Å². The van der Waals surface area contributed by atoms with Gasteiger partial charge in [-0.15, -0.1) is 5.10 Å². The number of aromatic amines is 1. The topological polar surface area (TPSA) is 104 Å². The van der Waals surface area contributed by atoms with Crippen LogP contribution in [0.3, 0.4) is 0 Å². The fraction of sp³-hybridized carbons (Fsp3) is 0.529. The van der Waals surface area contributed by atoms with Crippen molar-refractivity contribution >= 4 is 11.9 Å². The van der Waals surface area contributed by atoms with E-state index in [4.69, 9.17) is 4.42 Å². The molecule has 13 heteroatoms. The third-order valence-corrected chi connectivity index (χ3v) is 4.61. The Bertz CT molecular complexity index is 971. The van der Waals surface area contributed by atoms with Gasteiger partial charge in [0.25, 0.3) is 11.4 Å². The van der Waals surface area contributed by atoms with E-state index < -0.39 is 41.7 Å². The van der Waals surface area contributed by atoms with Crippen molar-refractivity contribution in [2.45, 2.75) is 44.3 Å². The summed E-state index contributed by atoms with van der Waals surface area (Å²) in [5.41, 5.74) is -2.58. The lowest BCUT2D eigenvalue weighted by atomic mass is 10.1. The van der Waals surface area contributed by atoms with Crippen LogP contribution in [0, 0.1) is 0 Å². The number of halogens is 5. The van der Waals surface area contributed by atoms with Crippen LogP contribution >= 0.6 is 0 Å². The third kappa shape index (κ3) is 4.94. The molecule has 1 aliphatic heterocycles. The largest absolute Gasteiger partial charge is 0.431 e. The van der Waals surface area contributed by atoms with Crippen molar-refractivity contribution in [1.82, 2.24) is 20.1 Å². The summed E-state index contributed by atoms with van der Waals surface area (Å²) in [6.45, 7) is 1.57. The lowest BCUT2D eigenvalue weighted by Gasteiger charge is -2.24. The summed E-state index contributed by atoms with van der Waals surface area (Å²) in [6, 6.07) is 0.418. The Morgan fingerprint density at radius 2 is 2.00 bits per heavy atom. The van der Waals surface area contributed by atoms with Crippen LogP contribution in [0.1, 0.15) is 31.9 Å². The summed E-state index contributed by atoms with van der Waals surface area (Å²) in [5, 5.41) is 9.83. The second-order valence-electron chi connectivity index (χ2n) is 6.93. The van der Waals surface area contributed by atoms with E-state index in [0.717, 1.165) is 6.07 Å². The molecule has 1 aliphatic rings. The smallest absolute Gasteiger partial charge is 0.403 e. The van der Waals surface area contributed by atoms with Crippen LogP contribution in [0.4, 0.5) is 28.0 Å². The van der Waals surface area contributed by atoms with Crippen LogP contribution in [0.5, 0.6) is 0 Å². The predicted octanol–water partition coefficient (Wildman–Crippen LogP) is 2.89. The van der Waals surface area contributed by atoms with Crippen LogP contribution in [0.15, 0.2) is 21.3 Å². The molecule has 2 aromatic heterocycles. The monoisotopic (exact) mass is 435 g/mol. The highest BCUT2D eigenvalue weighted by atomic mass is 19.4. The SMILES string of the molecule is C[C@H](Nc1nnc(-c2ccc(C(F)(F)F)[nH]c2=O)o1)C(=O)N1CCCC(F)(F)CC1. The van der Waals surface area contributed by atoms with E-state index in [1.807, 2.05) is 0 Å². The van der Waals surface area contributed by atoms with Gasteiger partial charge < -0.3 is 19.6 Å². The first-order valence-corrected chi connectivity index (χ1v) is 9.04. The third-order valence-electron chi connectivity index (χ3n) is 4.61. The molecule has 1 saturated heterocycles. The number of anilines is 1. The summed E-state index contributed by atoms with van der Waals surface area (Å²) in [5.74, 6) is -3.59. The number of nitrogens with one attached hydrogen (secondary N) is 2. The number of alkyl halides is 5. The highest BCUT2D eigenvalue weighted by Crippen LogP contribution is 2.29. The second-order valence-corrected chi connectivity index (χ2v) is 6.93. The van der Waals surface area contributed by atoms with Gasteiger partial charge in [-0.1, -0.05) is 5.10 Å². The van der Waals surface area contributed by atoms with Gasteiger partial charge in [0.05, 0.1) is 0 Å². The molecule has 0 saturated carbocycles. The highest BCUT2D eigenvalue weighted by molar-refractivity contribution is 5.83. The first kappa shape index (κ1) is 21.7. The maximum atomic E-state index is 13.5. The Morgan fingerprint density at radius 1 is 1.27 bits per heavy atom. The molecule has 0 spiro atoms. The number of H-pyrrole nitrogens is 1. The average molecular weight is 435 g/mol. The average Bonchev–Trinajstić information content (AvgIpc) is 3.02. The molecule has 1 fully saturated rings. The minimum Gasteiger partial charge on any atom is -0.403 e. The van der Waals surface area contributed by atoms with Crippen LogP contribution in [-0.2, 0) is 11.0 Å². The number of carbonyl (C=O) groups excluding carboxylic acids is 1. The Kier molecular flexibility index (Phi) is 5.81. The first-order chi connectivity index (χ1) is 14.0. The number of hydrogen-bond donors (Lipinski definition) is 2. The fourth-order valence-corrected chi connectivity index (χ4v) is 3.00. The van der Waals surface area contributed by atoms with E-state index in [-0.39, 0.29) is 43.4 Å². The molecule has 2 N–H and O–H groups in total. The van der Waals surface area contributed by atoms with Crippen LogP contribution in [0.2, 0.25) is 0 Å². The van der Waals surface area contributed by atoms with E-state index in [0.29, 0.717) is 6.07 Å². The summed E-state index contributed by atoms with van der Waals surface area (Å²) >= 11 is 0. The molecule has 0 aliphatic carbocycles. The Hall–Kier alpha value is -2.99. The molecule has 1 amide bonds. The molecule has 30 heavy (non-hydrogen) atoms. The molecule has 2 aromatic rings. The minimum absolute atomic E-state index is 0.0894. The van der Waals surface area contributed by atoms with Gasteiger partial charge in [0, 0.05) is 25.9 Å². The van der Waals surface area contributed by atoms with Gasteiger partial charge in [0.15, 0.2) is 0 Å². The van der Waals surface area contributed by atoms with E-state index >= 15 is 0 Å². The molecule has 3 rings (SSSR count). The van der Waals surface area contributed by atoms with Crippen molar-refractivity contribution in [2.24, 2.45) is 0 Å². The molecule has 8 nitrogen and oxygen atoms in total. The van der Waals surface area contributed by atoms with Gasteiger partial charge in [-0.2, -0.15) is 13.2 Å². The number of pyridine rings is 1. The van der Waals surface area contributed by atoms with Crippen molar-refractivity contribution in [3.8, 4) is 11.5 Å². The van der Waals surface area contributed by atoms with Crippen LogP contribution in [-0.4, -0.2) is 51.0 Å². The maximum absolute atomic E-state index is 13.5. The fourth-order valence-electron chi connectivity index (χ4n) is 3.00. The molecule has 0 unspecified atom stereocenters. The summed E-state index contributed by atoms with van der Waals surface area (Å²) < 4.78 is 70.0. The van der Waals surface area contributed by atoms with E-state index in [9.17, 15) is 31.5 Å². The number of likely N-dealkylation sites (tertiary alicyclic amines) is 1. The molecule has 1 atom stereocenters. The van der Waals surface area contributed by atoms with Crippen LogP contribution < -0.4 is 10.9 Å². The molecular formula is C17H18F5N5O3. The number of hydrogen-bond acceptors (Lipinski definition) is 6. The van der Waals surface area contributed by atoms with Crippen LogP contribution in [0.25, 0.3) is 11.5 Å². The van der Waals surface area contributed by atoms with Crippen molar-refractivity contribution in [3.63, 3.8) is 0 Å². The number of amides is 1. The number of rotatable bonds is 4.